The van der Waals surface area contributed by atoms with Gasteiger partial charge in [0.25, 0.3) is 0 Å². The third-order valence-electron chi connectivity index (χ3n) is 2.96. The highest BCUT2D eigenvalue weighted by Crippen LogP contribution is 2.17. The van der Waals surface area contributed by atoms with E-state index in [4.69, 9.17) is 13.9 Å². The summed E-state index contributed by atoms with van der Waals surface area (Å²) in [7, 11) is 0. The summed E-state index contributed by atoms with van der Waals surface area (Å²) in [5, 5.41) is 0. The molecule has 0 bridgehead atoms. The molecule has 0 saturated heterocycles. The van der Waals surface area contributed by atoms with Gasteiger partial charge in [0.15, 0.2) is 0 Å². The summed E-state index contributed by atoms with van der Waals surface area (Å²) in [5.74, 6) is 2.95. The highest BCUT2D eigenvalue weighted by Gasteiger charge is 2.05. The molecular weight excluding hydrogens is 276 g/mol. The third kappa shape index (κ3) is 4.03. The Morgan fingerprint density at radius 1 is 0.818 bits per heavy atom. The first-order chi connectivity index (χ1) is 10.9. The van der Waals surface area contributed by atoms with Gasteiger partial charge in [-0.2, -0.15) is 0 Å². The van der Waals surface area contributed by atoms with Crippen LogP contribution < -0.4 is 9.47 Å². The molecule has 3 rings (SSSR count). The zero-order valence-electron chi connectivity index (χ0n) is 12.0. The SMILES string of the molecule is C(=C(\COc1ccccc1)Oc1ccccc1)/c1ccco1. The molecule has 1 heterocycles. The summed E-state index contributed by atoms with van der Waals surface area (Å²) in [5.41, 5.74) is 0. The number of ether oxygens (including phenoxy) is 2. The second kappa shape index (κ2) is 7.18. The molecule has 3 aromatic rings. The number of benzene rings is 2. The predicted molar refractivity (Wildman–Crippen MR) is 85.7 cm³/mol. The smallest absolute Gasteiger partial charge is 0.146 e. The first-order valence-corrected chi connectivity index (χ1v) is 7.05. The molecule has 0 aliphatic carbocycles. The minimum absolute atomic E-state index is 0.319. The summed E-state index contributed by atoms with van der Waals surface area (Å²) < 4.78 is 17.0. The molecule has 0 aliphatic heterocycles. The van der Waals surface area contributed by atoms with E-state index in [1.54, 1.807) is 6.26 Å². The highest BCUT2D eigenvalue weighted by atomic mass is 16.5. The van der Waals surface area contributed by atoms with Crippen molar-refractivity contribution in [1.29, 1.82) is 0 Å². The Labute approximate surface area is 129 Å². The predicted octanol–water partition coefficient (Wildman–Crippen LogP) is 4.78. The zero-order valence-corrected chi connectivity index (χ0v) is 12.0. The molecule has 0 aliphatic rings. The lowest BCUT2D eigenvalue weighted by Gasteiger charge is -2.11. The van der Waals surface area contributed by atoms with Crippen LogP contribution >= 0.6 is 0 Å². The maximum atomic E-state index is 5.89. The van der Waals surface area contributed by atoms with E-state index in [0.29, 0.717) is 12.4 Å². The van der Waals surface area contributed by atoms with E-state index < -0.39 is 0 Å². The topological polar surface area (TPSA) is 31.6 Å². The molecule has 0 saturated carbocycles. The van der Waals surface area contributed by atoms with Crippen molar-refractivity contribution in [3.8, 4) is 11.5 Å². The van der Waals surface area contributed by atoms with Gasteiger partial charge >= 0.3 is 0 Å². The molecule has 0 amide bonds. The normalized spacial score (nSPS) is 11.2. The van der Waals surface area contributed by atoms with Crippen molar-refractivity contribution in [2.24, 2.45) is 0 Å². The molecule has 22 heavy (non-hydrogen) atoms. The summed E-state index contributed by atoms with van der Waals surface area (Å²) in [4.78, 5) is 0. The fourth-order valence-electron chi connectivity index (χ4n) is 1.94. The van der Waals surface area contributed by atoms with E-state index in [-0.39, 0.29) is 0 Å². The summed E-state index contributed by atoms with van der Waals surface area (Å²) in [6, 6.07) is 23.0. The van der Waals surface area contributed by atoms with Crippen molar-refractivity contribution >= 4 is 6.08 Å². The van der Waals surface area contributed by atoms with Crippen LogP contribution in [0.2, 0.25) is 0 Å². The standard InChI is InChI=1S/C19H16O3/c1-3-8-16(9-4-1)21-15-19(14-18-12-7-13-20-18)22-17-10-5-2-6-11-17/h1-14H,15H2/b19-14-. The molecule has 0 atom stereocenters. The van der Waals surface area contributed by atoms with Gasteiger partial charge in [-0.3, -0.25) is 0 Å². The number of para-hydroxylation sites is 2. The summed E-state index contributed by atoms with van der Waals surface area (Å²) >= 11 is 0. The molecular formula is C19H16O3. The first-order valence-electron chi connectivity index (χ1n) is 7.05. The zero-order chi connectivity index (χ0) is 15.0. The van der Waals surface area contributed by atoms with Gasteiger partial charge in [0.05, 0.1) is 6.26 Å². The van der Waals surface area contributed by atoms with Crippen molar-refractivity contribution in [1.82, 2.24) is 0 Å². The van der Waals surface area contributed by atoms with Gasteiger partial charge in [-0.25, -0.2) is 0 Å². The van der Waals surface area contributed by atoms with E-state index in [1.807, 2.05) is 78.9 Å². The van der Waals surface area contributed by atoms with Crippen molar-refractivity contribution < 1.29 is 13.9 Å². The Kier molecular flexibility index (Phi) is 4.57. The van der Waals surface area contributed by atoms with Gasteiger partial charge < -0.3 is 13.9 Å². The molecule has 0 radical (unpaired) electrons. The van der Waals surface area contributed by atoms with E-state index in [0.717, 1.165) is 17.3 Å². The molecule has 1 aromatic heterocycles. The second-order valence-electron chi connectivity index (χ2n) is 4.64. The molecule has 0 N–H and O–H groups in total. The van der Waals surface area contributed by atoms with Crippen molar-refractivity contribution in [3.63, 3.8) is 0 Å². The maximum Gasteiger partial charge on any atom is 0.146 e. The Morgan fingerprint density at radius 3 is 2.14 bits per heavy atom. The third-order valence-corrected chi connectivity index (χ3v) is 2.96. The summed E-state index contributed by atoms with van der Waals surface area (Å²) in [6.07, 6.45) is 3.46. The van der Waals surface area contributed by atoms with Gasteiger partial charge in [-0.05, 0) is 36.4 Å². The van der Waals surface area contributed by atoms with Crippen LogP contribution in [0.5, 0.6) is 11.5 Å². The van der Waals surface area contributed by atoms with Gasteiger partial charge in [-0.1, -0.05) is 36.4 Å². The quantitative estimate of drug-likeness (QED) is 0.613. The van der Waals surface area contributed by atoms with Crippen LogP contribution in [0.4, 0.5) is 0 Å². The number of hydrogen-bond donors (Lipinski definition) is 0. The number of hydrogen-bond acceptors (Lipinski definition) is 3. The van der Waals surface area contributed by atoms with E-state index in [2.05, 4.69) is 0 Å². The minimum Gasteiger partial charge on any atom is -0.486 e. The van der Waals surface area contributed by atoms with Crippen LogP contribution in [0.15, 0.2) is 89.2 Å². The Balaban J connectivity index is 1.74. The fourth-order valence-corrected chi connectivity index (χ4v) is 1.94. The monoisotopic (exact) mass is 292 g/mol. The highest BCUT2D eigenvalue weighted by molar-refractivity contribution is 5.46. The van der Waals surface area contributed by atoms with Crippen LogP contribution in [0, 0.1) is 0 Å². The van der Waals surface area contributed by atoms with Crippen molar-refractivity contribution in [2.75, 3.05) is 6.61 Å². The molecule has 0 unspecified atom stereocenters. The van der Waals surface area contributed by atoms with Gasteiger partial charge in [0.2, 0.25) is 0 Å². The van der Waals surface area contributed by atoms with Crippen molar-refractivity contribution in [3.05, 3.63) is 90.6 Å². The fraction of sp³-hybridized carbons (Fsp3) is 0.0526. The van der Waals surface area contributed by atoms with Crippen LogP contribution in [-0.4, -0.2) is 6.61 Å². The first kappa shape index (κ1) is 14.0. The van der Waals surface area contributed by atoms with Crippen LogP contribution in [-0.2, 0) is 0 Å². The van der Waals surface area contributed by atoms with Crippen LogP contribution in [0.3, 0.4) is 0 Å². The maximum absolute atomic E-state index is 5.89. The van der Waals surface area contributed by atoms with Gasteiger partial charge in [0, 0.05) is 6.08 Å². The van der Waals surface area contributed by atoms with Gasteiger partial charge in [-0.15, -0.1) is 0 Å². The lowest BCUT2D eigenvalue weighted by Crippen LogP contribution is -2.07. The second-order valence-corrected chi connectivity index (χ2v) is 4.64. The average Bonchev–Trinajstić information content (AvgIpc) is 3.08. The van der Waals surface area contributed by atoms with E-state index >= 15 is 0 Å². The molecule has 3 heteroatoms. The summed E-state index contributed by atoms with van der Waals surface area (Å²) in [6.45, 7) is 0.319. The van der Waals surface area contributed by atoms with Crippen molar-refractivity contribution in [2.45, 2.75) is 0 Å². The number of rotatable bonds is 6. The Morgan fingerprint density at radius 2 is 1.50 bits per heavy atom. The lowest BCUT2D eigenvalue weighted by molar-refractivity contribution is 0.283. The van der Waals surface area contributed by atoms with Gasteiger partial charge in [0.1, 0.15) is 29.6 Å². The van der Waals surface area contributed by atoms with Crippen LogP contribution in [0.25, 0.3) is 6.08 Å². The minimum atomic E-state index is 0.319. The molecule has 0 spiro atoms. The number of furan rings is 1. The van der Waals surface area contributed by atoms with E-state index in [9.17, 15) is 0 Å². The largest absolute Gasteiger partial charge is 0.486 e. The lowest BCUT2D eigenvalue weighted by atomic mass is 10.3. The Hall–Kier alpha value is -2.94. The molecule has 3 nitrogen and oxygen atoms in total. The van der Waals surface area contributed by atoms with E-state index in [1.165, 1.54) is 0 Å². The Bertz CT molecular complexity index is 701. The van der Waals surface area contributed by atoms with Crippen LogP contribution in [0.1, 0.15) is 5.76 Å². The molecule has 2 aromatic carbocycles. The molecule has 0 fully saturated rings. The average molecular weight is 292 g/mol. The molecule has 110 valence electrons.